The van der Waals surface area contributed by atoms with Gasteiger partial charge in [-0.3, -0.25) is 4.79 Å². The minimum atomic E-state index is -3.83. The Hall–Kier alpha value is -2.03. The van der Waals surface area contributed by atoms with Crippen LogP contribution in [0.1, 0.15) is 12.0 Å². The molecule has 0 bridgehead atoms. The molecule has 2 N–H and O–H groups in total. The zero-order valence-electron chi connectivity index (χ0n) is 15.6. The Labute approximate surface area is 164 Å². The van der Waals surface area contributed by atoms with Crippen molar-refractivity contribution in [3.63, 3.8) is 0 Å². The molecule has 0 fully saturated rings. The summed E-state index contributed by atoms with van der Waals surface area (Å²) < 4.78 is 32.9. The van der Waals surface area contributed by atoms with E-state index in [0.717, 1.165) is 5.56 Å². The van der Waals surface area contributed by atoms with Crippen molar-refractivity contribution in [2.75, 3.05) is 24.4 Å². The van der Waals surface area contributed by atoms with Crippen molar-refractivity contribution in [3.8, 4) is 5.75 Å². The average Bonchev–Trinajstić information content (AvgIpc) is 2.66. The van der Waals surface area contributed by atoms with Crippen molar-refractivity contribution in [1.29, 1.82) is 0 Å². The molecule has 0 aliphatic heterocycles. The number of sulfonamides is 1. The fourth-order valence-corrected chi connectivity index (χ4v) is 4.06. The summed E-state index contributed by atoms with van der Waals surface area (Å²) in [6, 6.07) is 12.5. The minimum Gasteiger partial charge on any atom is -0.497 e. The first-order chi connectivity index (χ1) is 12.9. The van der Waals surface area contributed by atoms with Gasteiger partial charge in [0.25, 0.3) is 0 Å². The van der Waals surface area contributed by atoms with Gasteiger partial charge in [0.1, 0.15) is 11.8 Å². The van der Waals surface area contributed by atoms with Crippen LogP contribution in [0.5, 0.6) is 5.75 Å². The van der Waals surface area contributed by atoms with E-state index >= 15 is 0 Å². The molecule has 0 saturated carbocycles. The number of methoxy groups -OCH3 is 1. The fraction of sp³-hybridized carbons (Fsp3) is 0.316. The van der Waals surface area contributed by atoms with E-state index in [1.54, 1.807) is 36.0 Å². The molecular weight excluding hydrogens is 384 g/mol. The molecule has 2 aromatic carbocycles. The molecule has 0 aliphatic rings. The van der Waals surface area contributed by atoms with Crippen LogP contribution in [0.2, 0.25) is 0 Å². The molecule has 1 amide bonds. The van der Waals surface area contributed by atoms with Gasteiger partial charge < -0.3 is 10.1 Å². The highest BCUT2D eigenvalue weighted by Gasteiger charge is 2.25. The van der Waals surface area contributed by atoms with Gasteiger partial charge in [0.2, 0.25) is 15.9 Å². The molecule has 6 nitrogen and oxygen atoms in total. The molecule has 0 heterocycles. The van der Waals surface area contributed by atoms with E-state index in [0.29, 0.717) is 23.6 Å². The van der Waals surface area contributed by atoms with Gasteiger partial charge >= 0.3 is 0 Å². The highest BCUT2D eigenvalue weighted by molar-refractivity contribution is 7.98. The Morgan fingerprint density at radius 3 is 2.30 bits per heavy atom. The zero-order chi connectivity index (χ0) is 19.9. The second-order valence-electron chi connectivity index (χ2n) is 5.99. The standard InChI is InChI=1S/C19H24N2O4S2/c1-14-4-6-15(7-5-14)20-19(22)18(12-13-26-3)21-27(23,24)17-10-8-16(25-2)9-11-17/h4-11,18,21H,12-13H2,1-3H3,(H,20,22). The van der Waals surface area contributed by atoms with E-state index in [1.165, 1.54) is 19.2 Å². The molecule has 0 saturated heterocycles. The maximum Gasteiger partial charge on any atom is 0.242 e. The monoisotopic (exact) mass is 408 g/mol. The van der Waals surface area contributed by atoms with E-state index in [-0.39, 0.29) is 10.8 Å². The lowest BCUT2D eigenvalue weighted by molar-refractivity contribution is -0.117. The summed E-state index contributed by atoms with van der Waals surface area (Å²) in [7, 11) is -2.33. The summed E-state index contributed by atoms with van der Waals surface area (Å²) >= 11 is 1.55. The summed E-state index contributed by atoms with van der Waals surface area (Å²) in [6.45, 7) is 1.95. The number of hydrogen-bond donors (Lipinski definition) is 2. The zero-order valence-corrected chi connectivity index (χ0v) is 17.2. The van der Waals surface area contributed by atoms with Crippen LogP contribution >= 0.6 is 11.8 Å². The summed E-state index contributed by atoms with van der Waals surface area (Å²) in [5, 5.41) is 2.78. The van der Waals surface area contributed by atoms with Crippen LogP contribution in [0, 0.1) is 6.92 Å². The summed E-state index contributed by atoms with van der Waals surface area (Å²) in [4.78, 5) is 12.7. The number of anilines is 1. The molecule has 1 atom stereocenters. The summed E-state index contributed by atoms with van der Waals surface area (Å²) in [6.07, 6.45) is 2.29. The van der Waals surface area contributed by atoms with Gasteiger partial charge in [-0.15, -0.1) is 0 Å². The summed E-state index contributed by atoms with van der Waals surface area (Å²) in [5.41, 5.74) is 1.70. The van der Waals surface area contributed by atoms with Crippen LogP contribution in [0.25, 0.3) is 0 Å². The number of aryl methyl sites for hydroxylation is 1. The third kappa shape index (κ3) is 6.27. The van der Waals surface area contributed by atoms with Crippen LogP contribution in [-0.4, -0.2) is 39.5 Å². The van der Waals surface area contributed by atoms with Gasteiger partial charge in [0.05, 0.1) is 12.0 Å². The summed E-state index contributed by atoms with van der Waals surface area (Å²) in [5.74, 6) is 0.826. The number of carbonyl (C=O) groups excluding carboxylic acids is 1. The molecule has 0 radical (unpaired) electrons. The molecule has 0 aliphatic carbocycles. The smallest absolute Gasteiger partial charge is 0.242 e. The second-order valence-corrected chi connectivity index (χ2v) is 8.69. The van der Waals surface area contributed by atoms with Crippen LogP contribution in [-0.2, 0) is 14.8 Å². The van der Waals surface area contributed by atoms with Crippen LogP contribution in [0.3, 0.4) is 0 Å². The topological polar surface area (TPSA) is 84.5 Å². The molecular formula is C19H24N2O4S2. The maximum atomic E-state index is 12.7. The predicted molar refractivity (Wildman–Crippen MR) is 110 cm³/mol. The van der Waals surface area contributed by atoms with Gasteiger partial charge in [-0.1, -0.05) is 17.7 Å². The quantitative estimate of drug-likeness (QED) is 0.666. The van der Waals surface area contributed by atoms with Crippen molar-refractivity contribution in [2.24, 2.45) is 0 Å². The lowest BCUT2D eigenvalue weighted by Gasteiger charge is -2.18. The van der Waals surface area contributed by atoms with E-state index in [4.69, 9.17) is 4.74 Å². The number of rotatable bonds is 9. The molecule has 146 valence electrons. The van der Waals surface area contributed by atoms with E-state index in [1.807, 2.05) is 25.3 Å². The third-order valence-electron chi connectivity index (χ3n) is 3.91. The fourth-order valence-electron chi connectivity index (χ4n) is 2.36. The van der Waals surface area contributed by atoms with Crippen molar-refractivity contribution < 1.29 is 17.9 Å². The molecule has 1 unspecified atom stereocenters. The third-order valence-corrected chi connectivity index (χ3v) is 6.04. The first-order valence-corrected chi connectivity index (χ1v) is 11.3. The molecule has 2 rings (SSSR count). The maximum absolute atomic E-state index is 12.7. The SMILES string of the molecule is COc1ccc(S(=O)(=O)NC(CCSC)C(=O)Nc2ccc(C)cc2)cc1. The number of amides is 1. The number of thioether (sulfide) groups is 1. The van der Waals surface area contributed by atoms with E-state index < -0.39 is 16.1 Å². The lowest BCUT2D eigenvalue weighted by Crippen LogP contribution is -2.44. The Morgan fingerprint density at radius 2 is 1.74 bits per heavy atom. The Bertz CT molecular complexity index is 850. The minimum absolute atomic E-state index is 0.0839. The van der Waals surface area contributed by atoms with Crippen LogP contribution < -0.4 is 14.8 Å². The normalized spacial score (nSPS) is 12.4. The van der Waals surface area contributed by atoms with Crippen molar-refractivity contribution >= 4 is 33.4 Å². The highest BCUT2D eigenvalue weighted by atomic mass is 32.2. The number of hydrogen-bond acceptors (Lipinski definition) is 5. The predicted octanol–water partition coefficient (Wildman–Crippen LogP) is 3.04. The first kappa shape index (κ1) is 21.3. The second kappa shape index (κ2) is 9.77. The Kier molecular flexibility index (Phi) is 7.70. The van der Waals surface area contributed by atoms with E-state index in [2.05, 4.69) is 10.0 Å². The molecule has 2 aromatic rings. The van der Waals surface area contributed by atoms with Gasteiger partial charge in [0.15, 0.2) is 0 Å². The Balaban J connectivity index is 2.15. The van der Waals surface area contributed by atoms with Crippen molar-refractivity contribution in [3.05, 3.63) is 54.1 Å². The number of ether oxygens (including phenoxy) is 1. The van der Waals surface area contributed by atoms with Gasteiger partial charge in [-0.25, -0.2) is 8.42 Å². The lowest BCUT2D eigenvalue weighted by atomic mass is 10.2. The number of carbonyl (C=O) groups is 1. The van der Waals surface area contributed by atoms with Crippen molar-refractivity contribution in [1.82, 2.24) is 4.72 Å². The molecule has 0 spiro atoms. The van der Waals surface area contributed by atoms with Gasteiger partial charge in [0, 0.05) is 5.69 Å². The molecule has 27 heavy (non-hydrogen) atoms. The van der Waals surface area contributed by atoms with Crippen LogP contribution in [0.4, 0.5) is 5.69 Å². The average molecular weight is 409 g/mol. The van der Waals surface area contributed by atoms with Crippen molar-refractivity contribution in [2.45, 2.75) is 24.3 Å². The molecule has 0 aromatic heterocycles. The Morgan fingerprint density at radius 1 is 1.11 bits per heavy atom. The number of nitrogens with one attached hydrogen (secondary N) is 2. The van der Waals surface area contributed by atoms with E-state index in [9.17, 15) is 13.2 Å². The molecule has 8 heteroatoms. The first-order valence-electron chi connectivity index (χ1n) is 8.38. The van der Waals surface area contributed by atoms with Gasteiger partial charge in [-0.05, 0) is 61.8 Å². The van der Waals surface area contributed by atoms with Gasteiger partial charge in [-0.2, -0.15) is 16.5 Å². The van der Waals surface area contributed by atoms with Crippen LogP contribution in [0.15, 0.2) is 53.4 Å². The highest BCUT2D eigenvalue weighted by Crippen LogP contribution is 2.17. The number of benzene rings is 2. The largest absolute Gasteiger partial charge is 0.497 e.